The second-order valence-corrected chi connectivity index (χ2v) is 7.68. The van der Waals surface area contributed by atoms with E-state index in [1.54, 1.807) is 31.6 Å². The molecule has 1 aromatic heterocycles. The average molecular weight is 402 g/mol. The number of benzene rings is 1. The van der Waals surface area contributed by atoms with Gasteiger partial charge in [-0.2, -0.15) is 0 Å². The van der Waals surface area contributed by atoms with Crippen LogP contribution in [0.5, 0.6) is 11.5 Å². The van der Waals surface area contributed by atoms with E-state index in [1.807, 2.05) is 29.2 Å². The van der Waals surface area contributed by atoms with E-state index in [1.165, 1.54) is 4.88 Å². The molecular formula is C22H27NO4S. The van der Waals surface area contributed by atoms with Crippen molar-refractivity contribution < 1.29 is 19.0 Å². The van der Waals surface area contributed by atoms with Crippen molar-refractivity contribution >= 4 is 23.3 Å². The van der Waals surface area contributed by atoms with Gasteiger partial charge in [0.1, 0.15) is 0 Å². The molecule has 0 aliphatic carbocycles. The summed E-state index contributed by atoms with van der Waals surface area (Å²) in [7, 11) is 3.21. The maximum atomic E-state index is 13.0. The first kappa shape index (κ1) is 20.4. The molecule has 5 nitrogen and oxygen atoms in total. The lowest BCUT2D eigenvalue weighted by molar-refractivity contribution is -0.130. The van der Waals surface area contributed by atoms with E-state index in [4.69, 9.17) is 14.2 Å². The quantitative estimate of drug-likeness (QED) is 0.627. The van der Waals surface area contributed by atoms with Crippen molar-refractivity contribution in [1.82, 2.24) is 4.90 Å². The minimum Gasteiger partial charge on any atom is -0.493 e. The Kier molecular flexibility index (Phi) is 7.51. The second-order valence-electron chi connectivity index (χ2n) is 6.65. The number of carbonyl (C=O) groups excluding carboxylic acids is 1. The fraction of sp³-hybridized carbons (Fsp3) is 0.409. The summed E-state index contributed by atoms with van der Waals surface area (Å²) >= 11 is 1.73. The first-order chi connectivity index (χ1) is 13.7. The fourth-order valence-electron chi connectivity index (χ4n) is 3.37. The molecule has 3 rings (SSSR count). The number of thiophene rings is 1. The normalized spacial score (nSPS) is 14.9. The number of rotatable bonds is 8. The highest BCUT2D eigenvalue weighted by atomic mass is 32.1. The largest absolute Gasteiger partial charge is 0.493 e. The van der Waals surface area contributed by atoms with Gasteiger partial charge < -0.3 is 19.1 Å². The molecule has 0 bridgehead atoms. The number of hydrogen-bond donors (Lipinski definition) is 0. The van der Waals surface area contributed by atoms with Gasteiger partial charge in [0.05, 0.1) is 14.2 Å². The molecule has 6 heteroatoms. The van der Waals surface area contributed by atoms with Crippen LogP contribution in [0, 0.1) is 0 Å². The van der Waals surface area contributed by atoms with Crippen LogP contribution in [0.4, 0.5) is 0 Å². The lowest BCUT2D eigenvalue weighted by Crippen LogP contribution is -2.43. The molecule has 1 fully saturated rings. The van der Waals surface area contributed by atoms with Crippen LogP contribution in [-0.4, -0.2) is 50.8 Å². The Morgan fingerprint density at radius 3 is 2.68 bits per heavy atom. The monoisotopic (exact) mass is 401 g/mol. The molecule has 1 amide bonds. The Balaban J connectivity index is 1.71. The SMILES string of the molecule is COc1ccc(/C=C/C(=O)N(CCc2cccs2)C2CCOCC2)cc1OC. The molecule has 0 atom stereocenters. The van der Waals surface area contributed by atoms with Crippen LogP contribution >= 0.6 is 11.3 Å². The Bertz CT molecular complexity index is 782. The van der Waals surface area contributed by atoms with Crippen LogP contribution in [0.15, 0.2) is 41.8 Å². The molecule has 2 aromatic rings. The molecule has 2 heterocycles. The number of hydrogen-bond acceptors (Lipinski definition) is 5. The van der Waals surface area contributed by atoms with Crippen molar-refractivity contribution in [2.24, 2.45) is 0 Å². The fourth-order valence-corrected chi connectivity index (χ4v) is 4.07. The van der Waals surface area contributed by atoms with E-state index in [-0.39, 0.29) is 11.9 Å². The van der Waals surface area contributed by atoms with Crippen LogP contribution in [-0.2, 0) is 16.0 Å². The molecule has 1 saturated heterocycles. The predicted octanol–water partition coefficient (Wildman–Crippen LogP) is 4.03. The molecule has 0 radical (unpaired) electrons. The van der Waals surface area contributed by atoms with Gasteiger partial charge >= 0.3 is 0 Å². The van der Waals surface area contributed by atoms with Crippen LogP contribution in [0.1, 0.15) is 23.3 Å². The van der Waals surface area contributed by atoms with Crippen LogP contribution in [0.25, 0.3) is 6.08 Å². The van der Waals surface area contributed by atoms with Crippen molar-refractivity contribution in [3.05, 3.63) is 52.2 Å². The van der Waals surface area contributed by atoms with Gasteiger partial charge in [0.2, 0.25) is 5.91 Å². The average Bonchev–Trinajstić information content (AvgIpc) is 3.26. The highest BCUT2D eigenvalue weighted by Gasteiger charge is 2.24. The summed E-state index contributed by atoms with van der Waals surface area (Å²) in [4.78, 5) is 16.3. The third-order valence-electron chi connectivity index (χ3n) is 4.92. The number of methoxy groups -OCH3 is 2. The molecule has 1 aromatic carbocycles. The second kappa shape index (κ2) is 10.3. The standard InChI is InChI=1S/C22H27NO4S/c1-25-20-7-5-17(16-21(20)26-2)6-8-22(24)23(18-10-13-27-14-11-18)12-9-19-4-3-15-28-19/h3-8,15-16,18H,9-14H2,1-2H3/b8-6+. The summed E-state index contributed by atoms with van der Waals surface area (Å²) in [6.07, 6.45) is 6.15. The summed E-state index contributed by atoms with van der Waals surface area (Å²) in [6.45, 7) is 2.15. The topological polar surface area (TPSA) is 48.0 Å². The van der Waals surface area contributed by atoms with Crippen molar-refractivity contribution in [3.8, 4) is 11.5 Å². The van der Waals surface area contributed by atoms with Gasteiger partial charge in [-0.25, -0.2) is 0 Å². The van der Waals surface area contributed by atoms with Gasteiger partial charge in [0.15, 0.2) is 11.5 Å². The summed E-state index contributed by atoms with van der Waals surface area (Å²) in [5, 5.41) is 2.08. The highest BCUT2D eigenvalue weighted by molar-refractivity contribution is 7.09. The molecule has 150 valence electrons. The molecule has 28 heavy (non-hydrogen) atoms. The first-order valence-corrected chi connectivity index (χ1v) is 10.4. The molecule has 0 N–H and O–H groups in total. The summed E-state index contributed by atoms with van der Waals surface area (Å²) in [5.74, 6) is 1.36. The molecule has 0 saturated carbocycles. The number of nitrogens with zero attached hydrogens (tertiary/aromatic N) is 1. The summed E-state index contributed by atoms with van der Waals surface area (Å²) in [5.41, 5.74) is 0.899. The Labute approximate surface area is 170 Å². The Hall–Kier alpha value is -2.31. The van der Waals surface area contributed by atoms with Gasteiger partial charge in [0.25, 0.3) is 0 Å². The van der Waals surface area contributed by atoms with Crippen molar-refractivity contribution in [2.75, 3.05) is 34.0 Å². The van der Waals surface area contributed by atoms with Gasteiger partial charge in [0, 0.05) is 36.8 Å². The third kappa shape index (κ3) is 5.36. The lowest BCUT2D eigenvalue weighted by Gasteiger charge is -2.33. The third-order valence-corrected chi connectivity index (χ3v) is 5.86. The predicted molar refractivity (Wildman–Crippen MR) is 112 cm³/mol. The molecule has 1 aliphatic rings. The van der Waals surface area contributed by atoms with Crippen molar-refractivity contribution in [3.63, 3.8) is 0 Å². The summed E-state index contributed by atoms with van der Waals surface area (Å²) < 4.78 is 16.1. The Morgan fingerprint density at radius 2 is 2.00 bits per heavy atom. The smallest absolute Gasteiger partial charge is 0.246 e. The van der Waals surface area contributed by atoms with Crippen LogP contribution in [0.2, 0.25) is 0 Å². The van der Waals surface area contributed by atoms with Crippen LogP contribution in [0.3, 0.4) is 0 Å². The summed E-state index contributed by atoms with van der Waals surface area (Å²) in [6, 6.07) is 10.0. The molecular weight excluding hydrogens is 374 g/mol. The van der Waals surface area contributed by atoms with Gasteiger partial charge in [-0.3, -0.25) is 4.79 Å². The van der Waals surface area contributed by atoms with Crippen molar-refractivity contribution in [2.45, 2.75) is 25.3 Å². The number of amides is 1. The zero-order valence-corrected chi connectivity index (χ0v) is 17.2. The van der Waals surface area contributed by atoms with E-state index in [9.17, 15) is 4.79 Å². The Morgan fingerprint density at radius 1 is 1.21 bits per heavy atom. The highest BCUT2D eigenvalue weighted by Crippen LogP contribution is 2.28. The van der Waals surface area contributed by atoms with E-state index < -0.39 is 0 Å². The zero-order valence-electron chi connectivity index (χ0n) is 16.4. The number of carbonyl (C=O) groups is 1. The van der Waals surface area contributed by atoms with Crippen LogP contribution < -0.4 is 9.47 Å². The van der Waals surface area contributed by atoms with E-state index in [0.29, 0.717) is 24.7 Å². The maximum Gasteiger partial charge on any atom is 0.246 e. The molecule has 1 aliphatic heterocycles. The first-order valence-electron chi connectivity index (χ1n) is 9.52. The van der Waals surface area contributed by atoms with Gasteiger partial charge in [-0.15, -0.1) is 11.3 Å². The van der Waals surface area contributed by atoms with Gasteiger partial charge in [-0.1, -0.05) is 12.1 Å². The van der Waals surface area contributed by atoms with Crippen molar-refractivity contribution in [1.29, 1.82) is 0 Å². The zero-order chi connectivity index (χ0) is 19.8. The molecule has 0 unspecified atom stereocenters. The van der Waals surface area contributed by atoms with E-state index in [0.717, 1.165) is 31.4 Å². The minimum atomic E-state index is 0.0400. The number of ether oxygens (including phenoxy) is 3. The van der Waals surface area contributed by atoms with E-state index >= 15 is 0 Å². The van der Waals surface area contributed by atoms with Gasteiger partial charge in [-0.05, 0) is 54.5 Å². The minimum absolute atomic E-state index is 0.0400. The molecule has 0 spiro atoms. The lowest BCUT2D eigenvalue weighted by atomic mass is 10.1. The maximum absolute atomic E-state index is 13.0. The van der Waals surface area contributed by atoms with E-state index in [2.05, 4.69) is 17.5 Å².